The molecule has 1 saturated heterocycles. The Kier molecular flexibility index (Phi) is 6.18. The fraction of sp³-hybridized carbons (Fsp3) is 0.240. The van der Waals surface area contributed by atoms with Gasteiger partial charge < -0.3 is 19.3 Å². The van der Waals surface area contributed by atoms with Crippen LogP contribution in [0.1, 0.15) is 10.4 Å². The molecule has 0 spiro atoms. The maximum atomic E-state index is 13.8. The van der Waals surface area contributed by atoms with Crippen LogP contribution in [0.5, 0.6) is 11.5 Å². The highest BCUT2D eigenvalue weighted by atomic mass is 32.1. The molecule has 9 heteroatoms. The summed E-state index contributed by atoms with van der Waals surface area (Å²) in [4.78, 5) is 22.2. The van der Waals surface area contributed by atoms with Crippen molar-refractivity contribution in [3.05, 3.63) is 71.9 Å². The number of rotatable bonds is 6. The molecule has 1 aliphatic heterocycles. The van der Waals surface area contributed by atoms with Gasteiger partial charge in [0.05, 0.1) is 25.5 Å². The first-order chi connectivity index (χ1) is 16.7. The number of aromatic nitrogens is 3. The SMILES string of the molecule is COc1ccc(OC)c(-c2nn(-c3ccccc3)cc2C(=O)N2CCN(c3nccs3)CC2)c1. The van der Waals surface area contributed by atoms with Crippen molar-refractivity contribution in [2.45, 2.75) is 0 Å². The smallest absolute Gasteiger partial charge is 0.257 e. The standard InChI is InChI=1S/C25H25N5O3S/c1-32-19-8-9-22(33-2)20(16-19)23-21(17-30(27-23)18-6-4-3-5-7-18)24(31)28-11-13-29(14-12-28)25-26-10-15-34-25/h3-10,15-17H,11-14H2,1-2H3. The first-order valence-corrected chi connectivity index (χ1v) is 11.9. The van der Waals surface area contributed by atoms with Gasteiger partial charge in [-0.15, -0.1) is 11.3 Å². The van der Waals surface area contributed by atoms with Crippen molar-refractivity contribution in [3.8, 4) is 28.4 Å². The number of nitrogens with zero attached hydrogens (tertiary/aromatic N) is 5. The molecule has 174 valence electrons. The van der Waals surface area contributed by atoms with Crippen LogP contribution in [-0.4, -0.2) is 66.0 Å². The van der Waals surface area contributed by atoms with E-state index >= 15 is 0 Å². The molecule has 0 bridgehead atoms. The number of anilines is 1. The summed E-state index contributed by atoms with van der Waals surface area (Å²) in [5, 5.41) is 7.78. The van der Waals surface area contributed by atoms with Crippen molar-refractivity contribution < 1.29 is 14.3 Å². The largest absolute Gasteiger partial charge is 0.497 e. The lowest BCUT2D eigenvalue weighted by Crippen LogP contribution is -2.48. The normalized spacial score (nSPS) is 13.7. The van der Waals surface area contributed by atoms with Crippen molar-refractivity contribution in [2.75, 3.05) is 45.3 Å². The van der Waals surface area contributed by atoms with Crippen LogP contribution in [-0.2, 0) is 0 Å². The Morgan fingerprint density at radius 3 is 2.47 bits per heavy atom. The number of carbonyl (C=O) groups is 1. The second kappa shape index (κ2) is 9.56. The summed E-state index contributed by atoms with van der Waals surface area (Å²) in [5.74, 6) is 1.24. The zero-order valence-electron chi connectivity index (χ0n) is 19.0. The van der Waals surface area contributed by atoms with E-state index in [0.717, 1.165) is 23.9 Å². The lowest BCUT2D eigenvalue weighted by molar-refractivity contribution is 0.0747. The summed E-state index contributed by atoms with van der Waals surface area (Å²) in [7, 11) is 3.22. The highest BCUT2D eigenvalue weighted by Gasteiger charge is 2.28. The van der Waals surface area contributed by atoms with E-state index in [-0.39, 0.29) is 5.91 Å². The van der Waals surface area contributed by atoms with E-state index in [9.17, 15) is 4.79 Å². The van der Waals surface area contributed by atoms with Crippen LogP contribution < -0.4 is 14.4 Å². The van der Waals surface area contributed by atoms with Gasteiger partial charge in [0, 0.05) is 49.5 Å². The number of ether oxygens (including phenoxy) is 2. The first-order valence-electron chi connectivity index (χ1n) is 11.0. The Labute approximate surface area is 202 Å². The molecule has 34 heavy (non-hydrogen) atoms. The van der Waals surface area contributed by atoms with Crippen LogP contribution in [0.4, 0.5) is 5.13 Å². The summed E-state index contributed by atoms with van der Waals surface area (Å²) >= 11 is 1.62. The quantitative estimate of drug-likeness (QED) is 0.420. The predicted molar refractivity (Wildman–Crippen MR) is 132 cm³/mol. The van der Waals surface area contributed by atoms with Gasteiger partial charge in [0.25, 0.3) is 5.91 Å². The third kappa shape index (κ3) is 4.22. The molecule has 1 aliphatic rings. The van der Waals surface area contributed by atoms with E-state index in [0.29, 0.717) is 41.4 Å². The van der Waals surface area contributed by atoms with Crippen LogP contribution in [0.15, 0.2) is 66.3 Å². The van der Waals surface area contributed by atoms with E-state index in [1.54, 1.807) is 36.4 Å². The van der Waals surface area contributed by atoms with Gasteiger partial charge in [-0.3, -0.25) is 4.79 Å². The minimum absolute atomic E-state index is 0.0548. The van der Waals surface area contributed by atoms with Crippen molar-refractivity contribution in [2.24, 2.45) is 0 Å². The van der Waals surface area contributed by atoms with Gasteiger partial charge in [0.2, 0.25) is 0 Å². The Bertz CT molecular complexity index is 1270. The van der Waals surface area contributed by atoms with E-state index in [4.69, 9.17) is 14.6 Å². The van der Waals surface area contributed by atoms with E-state index < -0.39 is 0 Å². The van der Waals surface area contributed by atoms with Gasteiger partial charge in [-0.2, -0.15) is 5.10 Å². The third-order valence-corrected chi connectivity index (χ3v) is 6.72. The summed E-state index contributed by atoms with van der Waals surface area (Å²) in [6.07, 6.45) is 3.61. The highest BCUT2D eigenvalue weighted by Crippen LogP contribution is 2.35. The number of benzene rings is 2. The van der Waals surface area contributed by atoms with Crippen molar-refractivity contribution in [3.63, 3.8) is 0 Å². The molecule has 0 unspecified atom stereocenters. The number of piperazine rings is 1. The summed E-state index contributed by atoms with van der Waals surface area (Å²) in [6.45, 7) is 2.71. The number of hydrogen-bond donors (Lipinski definition) is 0. The number of amides is 1. The lowest BCUT2D eigenvalue weighted by atomic mass is 10.1. The molecule has 0 radical (unpaired) electrons. The van der Waals surface area contributed by atoms with Crippen LogP contribution in [0.2, 0.25) is 0 Å². The zero-order valence-corrected chi connectivity index (χ0v) is 19.9. The number of carbonyl (C=O) groups excluding carboxylic acids is 1. The second-order valence-electron chi connectivity index (χ2n) is 7.83. The molecule has 0 N–H and O–H groups in total. The molecule has 0 aliphatic carbocycles. The highest BCUT2D eigenvalue weighted by molar-refractivity contribution is 7.13. The summed E-state index contributed by atoms with van der Waals surface area (Å²) < 4.78 is 12.8. The van der Waals surface area contributed by atoms with Crippen LogP contribution in [0, 0.1) is 0 Å². The second-order valence-corrected chi connectivity index (χ2v) is 8.70. The molecule has 1 amide bonds. The molecule has 3 heterocycles. The van der Waals surface area contributed by atoms with Gasteiger partial charge in [-0.1, -0.05) is 18.2 Å². The average Bonchev–Trinajstić information content (AvgIpc) is 3.59. The molecule has 5 rings (SSSR count). The Morgan fingerprint density at radius 2 is 1.79 bits per heavy atom. The van der Waals surface area contributed by atoms with Crippen molar-refractivity contribution >= 4 is 22.4 Å². The van der Waals surface area contributed by atoms with Gasteiger partial charge in [0.1, 0.15) is 17.2 Å². The van der Waals surface area contributed by atoms with E-state index in [1.807, 2.05) is 65.0 Å². The number of methoxy groups -OCH3 is 2. The average molecular weight is 476 g/mol. The molecule has 1 fully saturated rings. The van der Waals surface area contributed by atoms with Gasteiger partial charge in [-0.05, 0) is 30.3 Å². The monoisotopic (exact) mass is 475 g/mol. The topological polar surface area (TPSA) is 72.7 Å². The fourth-order valence-corrected chi connectivity index (χ4v) is 4.78. The number of thiazole rings is 1. The molecule has 0 atom stereocenters. The first kappa shape index (κ1) is 22.0. The molecule has 2 aromatic heterocycles. The number of para-hydroxylation sites is 1. The number of hydrogen-bond acceptors (Lipinski definition) is 7. The molecular formula is C25H25N5O3S. The van der Waals surface area contributed by atoms with E-state index in [1.165, 1.54) is 0 Å². The van der Waals surface area contributed by atoms with Crippen LogP contribution >= 0.6 is 11.3 Å². The molecular weight excluding hydrogens is 450 g/mol. The Balaban J connectivity index is 1.51. The molecule has 4 aromatic rings. The van der Waals surface area contributed by atoms with Crippen molar-refractivity contribution in [1.29, 1.82) is 0 Å². The fourth-order valence-electron chi connectivity index (χ4n) is 4.08. The molecule has 2 aromatic carbocycles. The van der Waals surface area contributed by atoms with E-state index in [2.05, 4.69) is 9.88 Å². The minimum atomic E-state index is -0.0548. The lowest BCUT2D eigenvalue weighted by Gasteiger charge is -2.34. The Hall–Kier alpha value is -3.85. The summed E-state index contributed by atoms with van der Waals surface area (Å²) in [6, 6.07) is 15.3. The minimum Gasteiger partial charge on any atom is -0.497 e. The molecule has 0 saturated carbocycles. The van der Waals surface area contributed by atoms with Gasteiger partial charge in [0.15, 0.2) is 5.13 Å². The maximum absolute atomic E-state index is 13.8. The van der Waals surface area contributed by atoms with Crippen LogP contribution in [0.3, 0.4) is 0 Å². The zero-order chi connectivity index (χ0) is 23.5. The van der Waals surface area contributed by atoms with Crippen molar-refractivity contribution in [1.82, 2.24) is 19.7 Å². The van der Waals surface area contributed by atoms with Gasteiger partial charge >= 0.3 is 0 Å². The Morgan fingerprint density at radius 1 is 1.00 bits per heavy atom. The predicted octanol–water partition coefficient (Wildman–Crippen LogP) is 3.98. The van der Waals surface area contributed by atoms with Crippen LogP contribution in [0.25, 0.3) is 16.9 Å². The van der Waals surface area contributed by atoms with Gasteiger partial charge in [-0.25, -0.2) is 9.67 Å². The maximum Gasteiger partial charge on any atom is 0.257 e. The third-order valence-electron chi connectivity index (χ3n) is 5.88. The summed E-state index contributed by atoms with van der Waals surface area (Å²) in [5.41, 5.74) is 2.67. The molecule has 8 nitrogen and oxygen atoms in total.